The third-order valence-electron chi connectivity index (χ3n) is 5.05. The molecule has 6 nitrogen and oxygen atoms in total. The molecule has 0 fully saturated rings. The first-order valence-corrected chi connectivity index (χ1v) is 11.9. The molecule has 0 aliphatic carbocycles. The Hall–Kier alpha value is -2.68. The summed E-state index contributed by atoms with van der Waals surface area (Å²) in [5.74, 6) is 0.121. The number of hydrazone groups is 1. The van der Waals surface area contributed by atoms with Gasteiger partial charge in [0, 0.05) is 43.7 Å². The summed E-state index contributed by atoms with van der Waals surface area (Å²) in [6.07, 6.45) is 3.30. The van der Waals surface area contributed by atoms with E-state index in [9.17, 15) is 4.79 Å². The number of amides is 1. The molecule has 2 heterocycles. The molecule has 0 radical (unpaired) electrons. The van der Waals surface area contributed by atoms with E-state index in [-0.39, 0.29) is 12.5 Å². The first kappa shape index (κ1) is 23.5. The molecule has 0 aliphatic heterocycles. The van der Waals surface area contributed by atoms with Crippen molar-refractivity contribution in [3.63, 3.8) is 0 Å². The Morgan fingerprint density at radius 1 is 1.18 bits per heavy atom. The Bertz CT molecular complexity index is 1370. The first-order chi connectivity index (χ1) is 15.8. The van der Waals surface area contributed by atoms with Gasteiger partial charge in [0.15, 0.2) is 12.4 Å². The number of carbonyl (C=O) groups is 1. The topological polar surface area (TPSA) is 68.5 Å². The van der Waals surface area contributed by atoms with Crippen LogP contribution in [0.1, 0.15) is 17.0 Å². The molecule has 1 amide bonds. The number of hydrogen-bond acceptors (Lipinski definition) is 4. The minimum Gasteiger partial charge on any atom is -0.480 e. The van der Waals surface area contributed by atoms with E-state index >= 15 is 0 Å². The standard InChI is InChI=1S/C24H19Br2ClN4O2/c1-14-10-16(15(2)31(14)18-7-5-17(27)6-8-18)12-29-30-22(32)13-33-24-21(26)11-20(25)19-4-3-9-28-23(19)24/h3-12H,13H2,1-2H3,(H,30,32)/b29-12+. The molecule has 0 spiro atoms. The van der Waals surface area contributed by atoms with Crippen LogP contribution in [-0.4, -0.2) is 28.3 Å². The molecule has 0 unspecified atom stereocenters. The summed E-state index contributed by atoms with van der Waals surface area (Å²) in [6, 6.07) is 15.3. The molecule has 2 aromatic carbocycles. The van der Waals surface area contributed by atoms with E-state index in [0.717, 1.165) is 32.5 Å². The number of halogens is 3. The largest absolute Gasteiger partial charge is 0.480 e. The summed E-state index contributed by atoms with van der Waals surface area (Å²) in [7, 11) is 0. The quantitative estimate of drug-likeness (QED) is 0.210. The van der Waals surface area contributed by atoms with E-state index in [1.165, 1.54) is 0 Å². The Labute approximate surface area is 212 Å². The molecular weight excluding hydrogens is 572 g/mol. The van der Waals surface area contributed by atoms with Crippen molar-refractivity contribution >= 4 is 66.5 Å². The average molecular weight is 591 g/mol. The van der Waals surface area contributed by atoms with Crippen LogP contribution in [-0.2, 0) is 4.79 Å². The van der Waals surface area contributed by atoms with Gasteiger partial charge < -0.3 is 9.30 Å². The molecule has 168 valence electrons. The number of nitrogens with zero attached hydrogens (tertiary/aromatic N) is 3. The predicted octanol–water partition coefficient (Wildman–Crippen LogP) is 6.35. The lowest BCUT2D eigenvalue weighted by Gasteiger charge is -2.11. The highest BCUT2D eigenvalue weighted by Crippen LogP contribution is 2.37. The lowest BCUT2D eigenvalue weighted by Crippen LogP contribution is -2.24. The van der Waals surface area contributed by atoms with Crippen molar-refractivity contribution in [1.29, 1.82) is 0 Å². The van der Waals surface area contributed by atoms with Gasteiger partial charge in [-0.1, -0.05) is 33.6 Å². The lowest BCUT2D eigenvalue weighted by molar-refractivity contribution is -0.123. The third kappa shape index (κ3) is 5.13. The second kappa shape index (κ2) is 10.1. The van der Waals surface area contributed by atoms with Crippen molar-refractivity contribution in [2.24, 2.45) is 5.10 Å². The fourth-order valence-corrected chi connectivity index (χ4v) is 5.05. The summed E-state index contributed by atoms with van der Waals surface area (Å²) in [6.45, 7) is 3.81. The lowest BCUT2D eigenvalue weighted by atomic mass is 10.2. The monoisotopic (exact) mass is 588 g/mol. The molecule has 9 heteroatoms. The Kier molecular flexibility index (Phi) is 7.17. The highest BCUT2D eigenvalue weighted by molar-refractivity contribution is 9.11. The van der Waals surface area contributed by atoms with Gasteiger partial charge in [0.05, 0.1) is 10.7 Å². The van der Waals surface area contributed by atoms with Crippen LogP contribution >= 0.6 is 43.5 Å². The number of pyridine rings is 1. The van der Waals surface area contributed by atoms with Crippen LogP contribution in [0.4, 0.5) is 0 Å². The number of ether oxygens (including phenoxy) is 1. The minimum atomic E-state index is -0.378. The first-order valence-electron chi connectivity index (χ1n) is 9.97. The molecule has 0 bridgehead atoms. The summed E-state index contributed by atoms with van der Waals surface area (Å²) in [5.41, 5.74) is 7.13. The zero-order valence-corrected chi connectivity index (χ0v) is 21.7. The van der Waals surface area contributed by atoms with Crippen molar-refractivity contribution in [2.45, 2.75) is 13.8 Å². The van der Waals surface area contributed by atoms with Crippen molar-refractivity contribution in [2.75, 3.05) is 6.61 Å². The van der Waals surface area contributed by atoms with Gasteiger partial charge in [-0.15, -0.1) is 0 Å². The SMILES string of the molecule is Cc1cc(/C=N/NC(=O)COc2c(Br)cc(Br)c3cccnc23)c(C)n1-c1ccc(Cl)cc1. The smallest absolute Gasteiger partial charge is 0.277 e. The van der Waals surface area contributed by atoms with Gasteiger partial charge in [-0.2, -0.15) is 5.10 Å². The summed E-state index contributed by atoms with van der Waals surface area (Å²) < 4.78 is 9.44. The van der Waals surface area contributed by atoms with Gasteiger partial charge in [-0.3, -0.25) is 9.78 Å². The maximum absolute atomic E-state index is 12.3. The fraction of sp³-hybridized carbons (Fsp3) is 0.125. The van der Waals surface area contributed by atoms with Gasteiger partial charge in [0.1, 0.15) is 5.52 Å². The summed E-state index contributed by atoms with van der Waals surface area (Å²) in [5, 5.41) is 5.68. The summed E-state index contributed by atoms with van der Waals surface area (Å²) in [4.78, 5) is 16.7. The van der Waals surface area contributed by atoms with E-state index < -0.39 is 0 Å². The number of rotatable bonds is 6. The average Bonchev–Trinajstić information content (AvgIpc) is 3.07. The molecule has 2 aromatic heterocycles. The van der Waals surface area contributed by atoms with Gasteiger partial charge in [0.25, 0.3) is 5.91 Å². The number of benzene rings is 2. The molecule has 0 saturated heterocycles. The fourth-order valence-electron chi connectivity index (χ4n) is 3.53. The molecule has 4 rings (SSSR count). The van der Waals surface area contributed by atoms with E-state index in [0.29, 0.717) is 20.8 Å². The maximum Gasteiger partial charge on any atom is 0.277 e. The molecule has 1 N–H and O–H groups in total. The number of nitrogens with one attached hydrogen (secondary N) is 1. The highest BCUT2D eigenvalue weighted by atomic mass is 79.9. The Morgan fingerprint density at radius 2 is 1.94 bits per heavy atom. The zero-order valence-electron chi connectivity index (χ0n) is 17.8. The van der Waals surface area contributed by atoms with E-state index in [1.54, 1.807) is 12.4 Å². The van der Waals surface area contributed by atoms with Crippen molar-refractivity contribution in [3.8, 4) is 11.4 Å². The van der Waals surface area contributed by atoms with E-state index in [1.807, 2.05) is 62.4 Å². The molecule has 0 aliphatic rings. The number of hydrogen-bond donors (Lipinski definition) is 1. The van der Waals surface area contributed by atoms with Crippen LogP contribution < -0.4 is 10.2 Å². The number of aryl methyl sites for hydroxylation is 1. The zero-order chi connectivity index (χ0) is 23.5. The summed E-state index contributed by atoms with van der Waals surface area (Å²) >= 11 is 13.0. The third-order valence-corrected chi connectivity index (χ3v) is 6.54. The normalized spacial score (nSPS) is 11.3. The van der Waals surface area contributed by atoms with Crippen molar-refractivity contribution < 1.29 is 9.53 Å². The highest BCUT2D eigenvalue weighted by Gasteiger charge is 2.14. The van der Waals surface area contributed by atoms with Gasteiger partial charge >= 0.3 is 0 Å². The van der Waals surface area contributed by atoms with Gasteiger partial charge in [-0.25, -0.2) is 5.43 Å². The van der Waals surface area contributed by atoms with E-state index in [4.69, 9.17) is 16.3 Å². The molecule has 33 heavy (non-hydrogen) atoms. The van der Waals surface area contributed by atoms with Crippen LogP contribution in [0, 0.1) is 13.8 Å². The van der Waals surface area contributed by atoms with Crippen LogP contribution in [0.2, 0.25) is 5.02 Å². The van der Waals surface area contributed by atoms with Crippen molar-refractivity contribution in [1.82, 2.24) is 15.0 Å². The van der Waals surface area contributed by atoms with Crippen molar-refractivity contribution in [3.05, 3.63) is 85.6 Å². The minimum absolute atomic E-state index is 0.201. The van der Waals surface area contributed by atoms with Gasteiger partial charge in [-0.05, 0) is 72.2 Å². The van der Waals surface area contributed by atoms with Crippen LogP contribution in [0.15, 0.2) is 68.8 Å². The van der Waals surface area contributed by atoms with Crippen LogP contribution in [0.5, 0.6) is 5.75 Å². The second-order valence-corrected chi connectivity index (χ2v) is 9.43. The number of fused-ring (bicyclic) bond motifs is 1. The molecule has 4 aromatic rings. The maximum atomic E-state index is 12.3. The molecule has 0 atom stereocenters. The second-order valence-electron chi connectivity index (χ2n) is 7.29. The predicted molar refractivity (Wildman–Crippen MR) is 139 cm³/mol. The Morgan fingerprint density at radius 3 is 2.70 bits per heavy atom. The number of carbonyl (C=O) groups excluding carboxylic acids is 1. The van der Waals surface area contributed by atoms with Gasteiger partial charge in [0.2, 0.25) is 0 Å². The Balaban J connectivity index is 1.43. The number of aromatic nitrogens is 2. The molecule has 0 saturated carbocycles. The van der Waals surface area contributed by atoms with Crippen LogP contribution in [0.25, 0.3) is 16.6 Å². The van der Waals surface area contributed by atoms with Crippen LogP contribution in [0.3, 0.4) is 0 Å². The van der Waals surface area contributed by atoms with E-state index in [2.05, 4.69) is 51.9 Å². The molecular formula is C24H19Br2ClN4O2.